The van der Waals surface area contributed by atoms with Gasteiger partial charge >= 0.3 is 0 Å². The Morgan fingerprint density at radius 1 is 1.12 bits per heavy atom. The Labute approximate surface area is 157 Å². The molecule has 0 aliphatic carbocycles. The van der Waals surface area contributed by atoms with Crippen LogP contribution in [0.2, 0.25) is 0 Å². The number of nitrogens with one attached hydrogen (secondary N) is 2. The van der Waals surface area contributed by atoms with Gasteiger partial charge < -0.3 is 15.4 Å². The number of methoxy groups -OCH3 is 1. The molecule has 0 saturated carbocycles. The van der Waals surface area contributed by atoms with Crippen molar-refractivity contribution in [2.75, 3.05) is 12.4 Å². The maximum absolute atomic E-state index is 12.5. The molecule has 1 heterocycles. The maximum Gasteiger partial charge on any atom is 0.263 e. The number of aryl methyl sites for hydroxylation is 2. The molecule has 0 radical (unpaired) electrons. The SMILES string of the molecule is COc1ccccc1Nc1nc(C)c(C(=O)NCc2ccc(C)cc2)s1. The number of amides is 1. The van der Waals surface area contributed by atoms with E-state index in [1.807, 2.05) is 62.4 Å². The number of rotatable bonds is 6. The smallest absolute Gasteiger partial charge is 0.263 e. The molecular weight excluding hydrogens is 346 g/mol. The van der Waals surface area contributed by atoms with Gasteiger partial charge in [0.25, 0.3) is 5.91 Å². The highest BCUT2D eigenvalue weighted by Crippen LogP contribution is 2.30. The number of ether oxygens (including phenoxy) is 1. The maximum atomic E-state index is 12.5. The molecule has 1 amide bonds. The molecule has 0 aliphatic rings. The van der Waals surface area contributed by atoms with Gasteiger partial charge in [-0.3, -0.25) is 4.79 Å². The molecule has 3 aromatic rings. The average molecular weight is 367 g/mol. The summed E-state index contributed by atoms with van der Waals surface area (Å²) < 4.78 is 5.33. The fourth-order valence-corrected chi connectivity index (χ4v) is 3.39. The summed E-state index contributed by atoms with van der Waals surface area (Å²) in [7, 11) is 1.62. The quantitative estimate of drug-likeness (QED) is 0.676. The van der Waals surface area contributed by atoms with Gasteiger partial charge in [0.2, 0.25) is 0 Å². The zero-order valence-electron chi connectivity index (χ0n) is 15.0. The number of carbonyl (C=O) groups is 1. The number of aromatic nitrogens is 1. The monoisotopic (exact) mass is 367 g/mol. The molecule has 2 aromatic carbocycles. The number of hydrogen-bond acceptors (Lipinski definition) is 5. The molecule has 0 spiro atoms. The Balaban J connectivity index is 1.69. The van der Waals surface area contributed by atoms with E-state index < -0.39 is 0 Å². The summed E-state index contributed by atoms with van der Waals surface area (Å²) in [6, 6.07) is 15.7. The van der Waals surface area contributed by atoms with Gasteiger partial charge in [-0.15, -0.1) is 0 Å². The van der Waals surface area contributed by atoms with Crippen LogP contribution in [0.5, 0.6) is 5.75 Å². The van der Waals surface area contributed by atoms with E-state index in [-0.39, 0.29) is 5.91 Å². The summed E-state index contributed by atoms with van der Waals surface area (Å²) in [6.07, 6.45) is 0. The first-order chi connectivity index (χ1) is 12.6. The van der Waals surface area contributed by atoms with E-state index in [0.717, 1.165) is 17.0 Å². The molecule has 26 heavy (non-hydrogen) atoms. The summed E-state index contributed by atoms with van der Waals surface area (Å²) in [6.45, 7) is 4.37. The topological polar surface area (TPSA) is 63.2 Å². The largest absolute Gasteiger partial charge is 0.495 e. The van der Waals surface area contributed by atoms with E-state index in [9.17, 15) is 4.79 Å². The normalized spacial score (nSPS) is 10.4. The fraction of sp³-hybridized carbons (Fsp3) is 0.200. The zero-order valence-corrected chi connectivity index (χ0v) is 15.8. The molecule has 2 N–H and O–H groups in total. The van der Waals surface area contributed by atoms with E-state index in [0.29, 0.717) is 22.2 Å². The Hall–Kier alpha value is -2.86. The van der Waals surface area contributed by atoms with Crippen LogP contribution in [-0.4, -0.2) is 18.0 Å². The van der Waals surface area contributed by atoms with Crippen LogP contribution < -0.4 is 15.4 Å². The van der Waals surface area contributed by atoms with E-state index in [2.05, 4.69) is 15.6 Å². The lowest BCUT2D eigenvalue weighted by atomic mass is 10.1. The number of nitrogens with zero attached hydrogens (tertiary/aromatic N) is 1. The first-order valence-electron chi connectivity index (χ1n) is 8.28. The highest BCUT2D eigenvalue weighted by atomic mass is 32.1. The van der Waals surface area contributed by atoms with Crippen molar-refractivity contribution in [1.82, 2.24) is 10.3 Å². The van der Waals surface area contributed by atoms with Crippen LogP contribution in [0.25, 0.3) is 0 Å². The highest BCUT2D eigenvalue weighted by Gasteiger charge is 2.16. The van der Waals surface area contributed by atoms with E-state index in [1.165, 1.54) is 16.9 Å². The van der Waals surface area contributed by atoms with Crippen molar-refractivity contribution in [2.45, 2.75) is 20.4 Å². The van der Waals surface area contributed by atoms with Crippen molar-refractivity contribution in [1.29, 1.82) is 0 Å². The van der Waals surface area contributed by atoms with Crippen LogP contribution in [0.3, 0.4) is 0 Å². The van der Waals surface area contributed by atoms with Crippen LogP contribution in [0, 0.1) is 13.8 Å². The van der Waals surface area contributed by atoms with Crippen LogP contribution in [0.1, 0.15) is 26.5 Å². The van der Waals surface area contributed by atoms with Crippen LogP contribution in [0.15, 0.2) is 48.5 Å². The molecule has 0 aliphatic heterocycles. The van der Waals surface area contributed by atoms with Crippen molar-refractivity contribution in [3.05, 3.63) is 70.2 Å². The summed E-state index contributed by atoms with van der Waals surface area (Å²) in [5.74, 6) is 0.611. The third-order valence-electron chi connectivity index (χ3n) is 3.93. The van der Waals surface area contributed by atoms with Gasteiger partial charge in [-0.05, 0) is 31.5 Å². The molecule has 3 rings (SSSR count). The van der Waals surface area contributed by atoms with Crippen molar-refractivity contribution in [2.24, 2.45) is 0 Å². The number of hydrogen-bond donors (Lipinski definition) is 2. The van der Waals surface area contributed by atoms with Gasteiger partial charge in [0.15, 0.2) is 5.13 Å². The second kappa shape index (κ2) is 8.01. The standard InChI is InChI=1S/C20H21N3O2S/c1-13-8-10-15(11-9-13)12-21-19(24)18-14(2)22-20(26-18)23-16-6-4-5-7-17(16)25-3/h4-11H,12H2,1-3H3,(H,21,24)(H,22,23). The minimum Gasteiger partial charge on any atom is -0.495 e. The minimum absolute atomic E-state index is 0.117. The van der Waals surface area contributed by atoms with Gasteiger partial charge in [-0.2, -0.15) is 0 Å². The number of anilines is 2. The predicted molar refractivity (Wildman–Crippen MR) is 105 cm³/mol. The molecule has 0 atom stereocenters. The third-order valence-corrected chi connectivity index (χ3v) is 5.00. The molecule has 1 aromatic heterocycles. The Bertz CT molecular complexity index is 904. The molecule has 5 nitrogen and oxygen atoms in total. The van der Waals surface area contributed by atoms with Gasteiger partial charge in [-0.25, -0.2) is 4.98 Å². The van der Waals surface area contributed by atoms with Crippen molar-refractivity contribution in [3.63, 3.8) is 0 Å². The lowest BCUT2D eigenvalue weighted by Crippen LogP contribution is -2.22. The number of para-hydroxylation sites is 2. The summed E-state index contributed by atoms with van der Waals surface area (Å²) in [5, 5.41) is 6.84. The van der Waals surface area contributed by atoms with Gasteiger partial charge in [-0.1, -0.05) is 53.3 Å². The van der Waals surface area contributed by atoms with E-state index in [1.54, 1.807) is 7.11 Å². The van der Waals surface area contributed by atoms with Gasteiger partial charge in [0.05, 0.1) is 18.5 Å². The second-order valence-corrected chi connectivity index (χ2v) is 6.93. The molecule has 0 fully saturated rings. The van der Waals surface area contributed by atoms with Crippen molar-refractivity contribution < 1.29 is 9.53 Å². The Morgan fingerprint density at radius 3 is 2.58 bits per heavy atom. The first-order valence-corrected chi connectivity index (χ1v) is 9.09. The number of thiazole rings is 1. The van der Waals surface area contributed by atoms with Gasteiger partial charge in [0.1, 0.15) is 10.6 Å². The predicted octanol–water partition coefficient (Wildman–Crippen LogP) is 4.44. The average Bonchev–Trinajstić information content (AvgIpc) is 3.02. The van der Waals surface area contributed by atoms with Crippen molar-refractivity contribution in [3.8, 4) is 5.75 Å². The highest BCUT2D eigenvalue weighted by molar-refractivity contribution is 7.17. The fourth-order valence-electron chi connectivity index (χ4n) is 2.49. The van der Waals surface area contributed by atoms with Crippen molar-refractivity contribution >= 4 is 28.1 Å². The lowest BCUT2D eigenvalue weighted by Gasteiger charge is -2.08. The second-order valence-electron chi connectivity index (χ2n) is 5.93. The molecule has 0 bridgehead atoms. The molecule has 134 valence electrons. The van der Waals surface area contributed by atoms with Crippen LogP contribution in [0.4, 0.5) is 10.8 Å². The zero-order chi connectivity index (χ0) is 18.5. The van der Waals surface area contributed by atoms with Crippen LogP contribution >= 0.6 is 11.3 Å². The number of benzene rings is 2. The third kappa shape index (κ3) is 4.21. The van der Waals surface area contributed by atoms with Crippen LogP contribution in [-0.2, 0) is 6.54 Å². The van der Waals surface area contributed by atoms with E-state index in [4.69, 9.17) is 4.74 Å². The van der Waals surface area contributed by atoms with E-state index >= 15 is 0 Å². The molecule has 0 unspecified atom stereocenters. The molecule has 0 saturated heterocycles. The first kappa shape index (κ1) is 17.9. The molecule has 6 heteroatoms. The Morgan fingerprint density at radius 2 is 1.85 bits per heavy atom. The Kier molecular flexibility index (Phi) is 5.53. The van der Waals surface area contributed by atoms with Gasteiger partial charge in [0, 0.05) is 6.54 Å². The number of carbonyl (C=O) groups excluding carboxylic acids is 1. The summed E-state index contributed by atoms with van der Waals surface area (Å²) in [5.41, 5.74) is 3.79. The summed E-state index contributed by atoms with van der Waals surface area (Å²) >= 11 is 1.33. The lowest BCUT2D eigenvalue weighted by molar-refractivity contribution is 0.0954. The molecular formula is C20H21N3O2S. The minimum atomic E-state index is -0.117. The summed E-state index contributed by atoms with van der Waals surface area (Å²) in [4.78, 5) is 17.6.